The third kappa shape index (κ3) is 3.25. The standard InChI is InChI=1S/C14H18BrNO2/c1-18-12-5-3-2-4-11(12)8-13(17)16-10-14(9-15)6-7-14/h2-5H,6-10H2,1H3,(H,16,17). The predicted octanol–water partition coefficient (Wildman–Crippen LogP) is 2.53. The first-order valence-corrected chi connectivity index (χ1v) is 7.26. The molecule has 1 aromatic carbocycles. The Kier molecular flexibility index (Phi) is 4.27. The number of alkyl halides is 1. The maximum absolute atomic E-state index is 11.9. The highest BCUT2D eigenvalue weighted by atomic mass is 79.9. The molecule has 1 saturated carbocycles. The Hall–Kier alpha value is -1.03. The summed E-state index contributed by atoms with van der Waals surface area (Å²) in [6.45, 7) is 0.770. The molecule has 0 bridgehead atoms. The van der Waals surface area contributed by atoms with Crippen LogP contribution in [0.1, 0.15) is 18.4 Å². The number of hydrogen-bond acceptors (Lipinski definition) is 2. The van der Waals surface area contributed by atoms with Crippen LogP contribution in [0.4, 0.5) is 0 Å². The molecule has 0 radical (unpaired) electrons. The van der Waals surface area contributed by atoms with Gasteiger partial charge < -0.3 is 10.1 Å². The van der Waals surface area contributed by atoms with E-state index in [1.54, 1.807) is 7.11 Å². The van der Waals surface area contributed by atoms with Gasteiger partial charge in [0.05, 0.1) is 13.5 Å². The first-order valence-electron chi connectivity index (χ1n) is 6.14. The summed E-state index contributed by atoms with van der Waals surface area (Å²) >= 11 is 3.50. The number of amides is 1. The number of nitrogens with one attached hydrogen (secondary N) is 1. The lowest BCUT2D eigenvalue weighted by molar-refractivity contribution is -0.120. The summed E-state index contributed by atoms with van der Waals surface area (Å²) in [6, 6.07) is 7.63. The summed E-state index contributed by atoms with van der Waals surface area (Å²) in [5.41, 5.74) is 1.25. The van der Waals surface area contributed by atoms with E-state index in [0.717, 1.165) is 23.2 Å². The first-order chi connectivity index (χ1) is 8.69. The van der Waals surface area contributed by atoms with Crippen LogP contribution in [0.2, 0.25) is 0 Å². The highest BCUT2D eigenvalue weighted by molar-refractivity contribution is 9.09. The van der Waals surface area contributed by atoms with E-state index in [4.69, 9.17) is 4.74 Å². The average molecular weight is 312 g/mol. The quantitative estimate of drug-likeness (QED) is 0.820. The molecule has 2 rings (SSSR count). The zero-order chi connectivity index (χ0) is 13.0. The molecular formula is C14H18BrNO2. The van der Waals surface area contributed by atoms with E-state index < -0.39 is 0 Å². The van der Waals surface area contributed by atoms with E-state index >= 15 is 0 Å². The Morgan fingerprint density at radius 3 is 2.78 bits per heavy atom. The molecule has 0 spiro atoms. The highest BCUT2D eigenvalue weighted by Gasteiger charge is 2.41. The number of rotatable bonds is 6. The van der Waals surface area contributed by atoms with E-state index in [-0.39, 0.29) is 5.91 Å². The number of ether oxygens (including phenoxy) is 1. The second kappa shape index (κ2) is 5.74. The van der Waals surface area contributed by atoms with Crippen LogP contribution in [0.25, 0.3) is 0 Å². The molecule has 0 aromatic heterocycles. The Bertz CT molecular complexity index is 430. The van der Waals surface area contributed by atoms with E-state index in [1.165, 1.54) is 12.8 Å². The number of carbonyl (C=O) groups excluding carboxylic acids is 1. The molecule has 0 aliphatic heterocycles. The summed E-state index contributed by atoms with van der Waals surface area (Å²) in [6.07, 6.45) is 2.78. The lowest BCUT2D eigenvalue weighted by Crippen LogP contribution is -2.32. The van der Waals surface area contributed by atoms with Gasteiger partial charge in [0, 0.05) is 17.4 Å². The maximum atomic E-state index is 11.9. The molecule has 3 nitrogen and oxygen atoms in total. The zero-order valence-corrected chi connectivity index (χ0v) is 12.1. The molecular weight excluding hydrogens is 294 g/mol. The number of halogens is 1. The number of methoxy groups -OCH3 is 1. The van der Waals surface area contributed by atoms with Crippen LogP contribution in [0.3, 0.4) is 0 Å². The van der Waals surface area contributed by atoms with Crippen LogP contribution in [-0.4, -0.2) is 24.9 Å². The fourth-order valence-electron chi connectivity index (χ4n) is 1.90. The average Bonchev–Trinajstić information content (AvgIpc) is 3.18. The van der Waals surface area contributed by atoms with Gasteiger partial charge in [-0.05, 0) is 24.3 Å². The van der Waals surface area contributed by atoms with Gasteiger partial charge in [-0.3, -0.25) is 4.79 Å². The van der Waals surface area contributed by atoms with Gasteiger partial charge in [-0.15, -0.1) is 0 Å². The Labute approximate surface area is 116 Å². The first kappa shape index (κ1) is 13.4. The molecule has 18 heavy (non-hydrogen) atoms. The van der Waals surface area contributed by atoms with E-state index in [0.29, 0.717) is 11.8 Å². The van der Waals surface area contributed by atoms with Gasteiger partial charge in [0.1, 0.15) is 5.75 Å². The minimum absolute atomic E-state index is 0.0618. The SMILES string of the molecule is COc1ccccc1CC(=O)NCC1(CBr)CC1. The molecule has 1 N–H and O–H groups in total. The van der Waals surface area contributed by atoms with Crippen LogP contribution in [0.5, 0.6) is 5.75 Å². The Balaban J connectivity index is 1.87. The van der Waals surface area contributed by atoms with Crippen molar-refractivity contribution >= 4 is 21.8 Å². The molecule has 4 heteroatoms. The van der Waals surface area contributed by atoms with Crippen molar-refractivity contribution in [1.29, 1.82) is 0 Å². The van der Waals surface area contributed by atoms with Crippen molar-refractivity contribution in [3.05, 3.63) is 29.8 Å². The molecule has 0 heterocycles. The van der Waals surface area contributed by atoms with Gasteiger partial charge in [-0.1, -0.05) is 34.1 Å². The van der Waals surface area contributed by atoms with Gasteiger partial charge in [-0.25, -0.2) is 0 Å². The van der Waals surface area contributed by atoms with Crippen LogP contribution in [-0.2, 0) is 11.2 Å². The van der Waals surface area contributed by atoms with Crippen molar-refractivity contribution in [2.24, 2.45) is 5.41 Å². The number of benzene rings is 1. The van der Waals surface area contributed by atoms with Crippen molar-refractivity contribution in [1.82, 2.24) is 5.32 Å². The second-order valence-electron chi connectivity index (χ2n) is 4.90. The van der Waals surface area contributed by atoms with Gasteiger partial charge in [-0.2, -0.15) is 0 Å². The van der Waals surface area contributed by atoms with Gasteiger partial charge in [0.15, 0.2) is 0 Å². The molecule has 1 aromatic rings. The number of hydrogen-bond donors (Lipinski definition) is 1. The van der Waals surface area contributed by atoms with Crippen LogP contribution >= 0.6 is 15.9 Å². The van der Waals surface area contributed by atoms with E-state index in [2.05, 4.69) is 21.2 Å². The number of carbonyl (C=O) groups is 1. The zero-order valence-electron chi connectivity index (χ0n) is 10.5. The summed E-state index contributed by atoms with van der Waals surface area (Å²) in [7, 11) is 1.63. The lowest BCUT2D eigenvalue weighted by atomic mass is 10.1. The van der Waals surface area contributed by atoms with Crippen molar-refractivity contribution in [2.45, 2.75) is 19.3 Å². The Morgan fingerprint density at radius 1 is 1.44 bits per heavy atom. The van der Waals surface area contributed by atoms with Crippen molar-refractivity contribution in [3.63, 3.8) is 0 Å². The van der Waals surface area contributed by atoms with Crippen LogP contribution < -0.4 is 10.1 Å². The highest BCUT2D eigenvalue weighted by Crippen LogP contribution is 2.46. The van der Waals surface area contributed by atoms with Crippen LogP contribution in [0, 0.1) is 5.41 Å². The normalized spacial score (nSPS) is 16.1. The lowest BCUT2D eigenvalue weighted by Gasteiger charge is -2.13. The Morgan fingerprint density at radius 2 is 2.17 bits per heavy atom. The topological polar surface area (TPSA) is 38.3 Å². The van der Waals surface area contributed by atoms with Crippen molar-refractivity contribution in [3.8, 4) is 5.75 Å². The minimum Gasteiger partial charge on any atom is -0.496 e. The molecule has 1 aliphatic rings. The predicted molar refractivity (Wildman–Crippen MR) is 75.2 cm³/mol. The van der Waals surface area contributed by atoms with E-state index in [9.17, 15) is 4.79 Å². The molecule has 1 aliphatic carbocycles. The summed E-state index contributed by atoms with van der Waals surface area (Å²) in [5, 5.41) is 3.98. The van der Waals surface area contributed by atoms with Gasteiger partial charge in [0.2, 0.25) is 5.91 Å². The van der Waals surface area contributed by atoms with Crippen molar-refractivity contribution < 1.29 is 9.53 Å². The molecule has 98 valence electrons. The molecule has 0 atom stereocenters. The molecule has 1 amide bonds. The van der Waals surface area contributed by atoms with Gasteiger partial charge >= 0.3 is 0 Å². The monoisotopic (exact) mass is 311 g/mol. The van der Waals surface area contributed by atoms with Crippen LogP contribution in [0.15, 0.2) is 24.3 Å². The minimum atomic E-state index is 0.0618. The molecule has 0 unspecified atom stereocenters. The smallest absolute Gasteiger partial charge is 0.224 e. The number of para-hydroxylation sites is 1. The van der Waals surface area contributed by atoms with Crippen molar-refractivity contribution in [2.75, 3.05) is 19.0 Å². The third-order valence-electron chi connectivity index (χ3n) is 3.44. The van der Waals surface area contributed by atoms with Gasteiger partial charge in [0.25, 0.3) is 0 Å². The fraction of sp³-hybridized carbons (Fsp3) is 0.500. The summed E-state index contributed by atoms with van der Waals surface area (Å²) < 4.78 is 5.24. The van der Waals surface area contributed by atoms with E-state index in [1.807, 2.05) is 24.3 Å². The molecule has 0 saturated heterocycles. The third-order valence-corrected chi connectivity index (χ3v) is 4.63. The summed E-state index contributed by atoms with van der Waals surface area (Å²) in [5.74, 6) is 0.834. The summed E-state index contributed by atoms with van der Waals surface area (Å²) in [4.78, 5) is 11.9. The maximum Gasteiger partial charge on any atom is 0.224 e. The fourth-order valence-corrected chi connectivity index (χ4v) is 2.66. The largest absolute Gasteiger partial charge is 0.496 e. The second-order valence-corrected chi connectivity index (χ2v) is 5.46. The molecule has 1 fully saturated rings.